The minimum absolute atomic E-state index is 0.0178. The highest BCUT2D eigenvalue weighted by atomic mass is 31.2. The zero-order valence-electron chi connectivity index (χ0n) is 57.5. The molecule has 0 saturated heterocycles. The van der Waals surface area contributed by atoms with E-state index in [0.29, 0.717) is 17.4 Å². The Kier molecular flexibility index (Phi) is 64.3. The Balaban J connectivity index is 4.17. The Morgan fingerprint density at radius 1 is 0.344 bits per heavy atom. The molecule has 2 unspecified atom stereocenters. The van der Waals surface area contributed by atoms with Crippen LogP contribution in [0.2, 0.25) is 0 Å². The highest BCUT2D eigenvalue weighted by Crippen LogP contribution is 2.43. The third-order valence-electron chi connectivity index (χ3n) is 14.1. The largest absolute Gasteiger partial charge is 0.472 e. The van der Waals surface area contributed by atoms with Crippen LogP contribution >= 0.6 is 7.82 Å². The maximum Gasteiger partial charge on any atom is 0.472 e. The Bertz CT molecular complexity index is 2220. The Morgan fingerprint density at radius 2 is 0.600 bits per heavy atom. The molecule has 0 amide bonds. The molecule has 0 saturated carbocycles. The molecular formula is C80H129NO8P+. The number of unbranched alkanes of at least 4 members (excludes halogenated alkanes) is 16. The van der Waals surface area contributed by atoms with E-state index in [1.54, 1.807) is 0 Å². The van der Waals surface area contributed by atoms with E-state index in [2.05, 4.69) is 208 Å². The summed E-state index contributed by atoms with van der Waals surface area (Å²) in [6.07, 6.45) is 107. The van der Waals surface area contributed by atoms with Crippen LogP contribution in [0, 0.1) is 0 Å². The van der Waals surface area contributed by atoms with E-state index in [1.165, 1.54) is 51.4 Å². The summed E-state index contributed by atoms with van der Waals surface area (Å²) in [5.74, 6) is -0.830. The van der Waals surface area contributed by atoms with Crippen LogP contribution in [0.15, 0.2) is 194 Å². The van der Waals surface area contributed by atoms with Crippen LogP contribution in [0.25, 0.3) is 0 Å². The first-order chi connectivity index (χ1) is 44.0. The van der Waals surface area contributed by atoms with Gasteiger partial charge < -0.3 is 18.9 Å². The van der Waals surface area contributed by atoms with E-state index in [0.717, 1.165) is 161 Å². The minimum atomic E-state index is -4.41. The van der Waals surface area contributed by atoms with Crippen LogP contribution in [0.4, 0.5) is 0 Å². The maximum absolute atomic E-state index is 12.9. The smallest absolute Gasteiger partial charge is 0.462 e. The molecule has 0 aromatic rings. The average molecular weight is 1260 g/mol. The van der Waals surface area contributed by atoms with Gasteiger partial charge in [-0.25, -0.2) is 4.57 Å². The van der Waals surface area contributed by atoms with Gasteiger partial charge in [0.1, 0.15) is 19.8 Å². The number of ether oxygens (including phenoxy) is 2. The van der Waals surface area contributed by atoms with Crippen LogP contribution in [-0.2, 0) is 32.7 Å². The topological polar surface area (TPSA) is 108 Å². The number of allylic oxidation sites excluding steroid dienone is 32. The molecule has 0 aliphatic carbocycles. The van der Waals surface area contributed by atoms with Crippen molar-refractivity contribution in [3.05, 3.63) is 194 Å². The second kappa shape index (κ2) is 68.2. The van der Waals surface area contributed by atoms with Gasteiger partial charge in [-0.05, 0) is 141 Å². The van der Waals surface area contributed by atoms with Gasteiger partial charge in [-0.1, -0.05) is 285 Å². The van der Waals surface area contributed by atoms with Gasteiger partial charge in [0.15, 0.2) is 6.10 Å². The third kappa shape index (κ3) is 71.9. The summed E-state index contributed by atoms with van der Waals surface area (Å²) < 4.78 is 34.7. The molecule has 0 bridgehead atoms. The molecule has 0 aromatic carbocycles. The first-order valence-corrected chi connectivity index (χ1v) is 36.7. The lowest BCUT2D eigenvalue weighted by atomic mass is 10.1. The Morgan fingerprint density at radius 3 is 0.889 bits per heavy atom. The summed E-state index contributed by atoms with van der Waals surface area (Å²) in [4.78, 5) is 35.9. The van der Waals surface area contributed by atoms with Crippen molar-refractivity contribution in [2.75, 3.05) is 47.5 Å². The predicted octanol–water partition coefficient (Wildman–Crippen LogP) is 23.3. The van der Waals surface area contributed by atoms with Gasteiger partial charge in [0.2, 0.25) is 0 Å². The first-order valence-electron chi connectivity index (χ1n) is 35.2. The Labute approximate surface area is 552 Å². The zero-order chi connectivity index (χ0) is 65.5. The predicted molar refractivity (Wildman–Crippen MR) is 389 cm³/mol. The lowest BCUT2D eigenvalue weighted by molar-refractivity contribution is -0.870. The van der Waals surface area contributed by atoms with E-state index < -0.39 is 26.5 Å². The zero-order valence-corrected chi connectivity index (χ0v) is 58.4. The summed E-state index contributed by atoms with van der Waals surface area (Å²) >= 11 is 0. The van der Waals surface area contributed by atoms with Gasteiger partial charge in [0.05, 0.1) is 27.7 Å². The van der Waals surface area contributed by atoms with Crippen molar-refractivity contribution in [1.29, 1.82) is 0 Å². The highest BCUT2D eigenvalue weighted by molar-refractivity contribution is 7.47. The van der Waals surface area contributed by atoms with Crippen molar-refractivity contribution in [1.82, 2.24) is 0 Å². The summed E-state index contributed by atoms with van der Waals surface area (Å²) in [5.41, 5.74) is 0. The number of rotatable bonds is 62. The summed E-state index contributed by atoms with van der Waals surface area (Å²) in [6.45, 7) is 4.16. The van der Waals surface area contributed by atoms with Crippen molar-refractivity contribution in [2.45, 2.75) is 251 Å². The lowest BCUT2D eigenvalue weighted by Crippen LogP contribution is -2.37. The molecule has 9 nitrogen and oxygen atoms in total. The lowest BCUT2D eigenvalue weighted by Gasteiger charge is -2.24. The number of likely N-dealkylation sites (N-methyl/N-ethyl adjacent to an activating group) is 1. The molecule has 90 heavy (non-hydrogen) atoms. The number of hydrogen-bond acceptors (Lipinski definition) is 7. The van der Waals surface area contributed by atoms with E-state index in [9.17, 15) is 19.0 Å². The Hall–Kier alpha value is -5.15. The number of carbonyl (C=O) groups is 2. The maximum atomic E-state index is 12.9. The molecule has 0 aromatic heterocycles. The van der Waals surface area contributed by atoms with Crippen molar-refractivity contribution < 1.29 is 42.1 Å². The number of nitrogens with zero attached hydrogens (tertiary/aromatic N) is 1. The molecule has 506 valence electrons. The normalized spacial score (nSPS) is 14.3. The fourth-order valence-electron chi connectivity index (χ4n) is 8.81. The monoisotopic (exact) mass is 1260 g/mol. The number of quaternary nitrogens is 1. The van der Waals surface area contributed by atoms with Crippen LogP contribution in [0.5, 0.6) is 0 Å². The first kappa shape index (κ1) is 84.8. The second-order valence-electron chi connectivity index (χ2n) is 23.8. The number of esters is 2. The summed E-state index contributed by atoms with van der Waals surface area (Å²) in [5, 5.41) is 0. The van der Waals surface area contributed by atoms with Gasteiger partial charge in [-0.2, -0.15) is 0 Å². The molecule has 0 radical (unpaired) electrons. The second-order valence-corrected chi connectivity index (χ2v) is 25.3. The average Bonchev–Trinajstić information content (AvgIpc) is 3.58. The number of carbonyl (C=O) groups excluding carboxylic acids is 2. The molecule has 0 fully saturated rings. The third-order valence-corrected chi connectivity index (χ3v) is 15.1. The molecule has 2 atom stereocenters. The van der Waals surface area contributed by atoms with Gasteiger partial charge in [-0.3, -0.25) is 18.6 Å². The van der Waals surface area contributed by atoms with Crippen molar-refractivity contribution in [2.24, 2.45) is 0 Å². The molecular weight excluding hydrogens is 1130 g/mol. The molecule has 1 N–H and O–H groups in total. The van der Waals surface area contributed by atoms with E-state index >= 15 is 0 Å². The van der Waals surface area contributed by atoms with E-state index in [-0.39, 0.29) is 32.0 Å². The fraction of sp³-hybridized carbons (Fsp3) is 0.575. The van der Waals surface area contributed by atoms with Crippen molar-refractivity contribution in [3.63, 3.8) is 0 Å². The number of phosphoric ester groups is 1. The van der Waals surface area contributed by atoms with Crippen LogP contribution in [-0.4, -0.2) is 74.9 Å². The number of phosphoric acid groups is 1. The molecule has 0 rings (SSSR count). The molecule has 0 spiro atoms. The number of hydrogen-bond donors (Lipinski definition) is 1. The molecule has 10 heteroatoms. The minimum Gasteiger partial charge on any atom is -0.462 e. The molecule has 0 heterocycles. The van der Waals surface area contributed by atoms with Gasteiger partial charge in [-0.15, -0.1) is 0 Å². The molecule has 0 aliphatic heterocycles. The van der Waals surface area contributed by atoms with E-state index in [4.69, 9.17) is 18.5 Å². The highest BCUT2D eigenvalue weighted by Gasteiger charge is 2.27. The SMILES string of the molecule is CC/C=C\C/C=C\C/C=C\C/C=C\C/C=C\C/C=C\C/C=C\C/C=C\C/C=C\C/C=C\CCCCCCCCCCC(=O)OC(COC(=O)CCCCCCCCCC/C=C\C/C=C\C/C=C\C/C=C\C/C=C\C/C=C\CC)COP(=O)(O)OCC[N+](C)(C)C. The van der Waals surface area contributed by atoms with Crippen LogP contribution in [0.1, 0.15) is 245 Å². The van der Waals surface area contributed by atoms with Gasteiger partial charge in [0, 0.05) is 12.8 Å². The quantitative estimate of drug-likeness (QED) is 0.0211. The van der Waals surface area contributed by atoms with E-state index in [1.807, 2.05) is 21.1 Å². The molecule has 0 aliphatic rings. The fourth-order valence-corrected chi connectivity index (χ4v) is 9.55. The standard InChI is InChI=1S/C80H128NO8P/c1-6-8-10-12-14-16-18-20-22-24-26-28-30-32-34-35-36-37-38-39-40-41-42-43-44-45-47-49-51-53-55-57-59-61-63-65-67-69-71-73-80(83)89-78(77-88-90(84,85)87-75-74-81(3,4)5)76-86-79(82)72-70-68-66-64-62-60-58-56-54-52-50-48-46-33-31-29-27-25-23-21-19-17-15-13-11-9-7-2/h8-11,14-17,20-23,26-29,32-34,36-37,39-40,42-43,45-47,50-53,78H,6-7,12-13,18-19,24-25,30-31,35,38,41,44,48-49,54-77H2,1-5H3/p+1/b10-8-,11-9-,16-14-,17-15-,22-20-,23-21-,28-26-,29-27-,34-32-,37-36-,40-39-,43-42-,46-33-,47-45-,52-50-,53-51-. The van der Waals surface area contributed by atoms with Crippen molar-refractivity contribution in [3.8, 4) is 0 Å². The van der Waals surface area contributed by atoms with Crippen LogP contribution < -0.4 is 0 Å². The van der Waals surface area contributed by atoms with Crippen LogP contribution in [0.3, 0.4) is 0 Å². The summed E-state index contributed by atoms with van der Waals surface area (Å²) in [7, 11) is 1.44. The van der Waals surface area contributed by atoms with Crippen molar-refractivity contribution >= 4 is 19.8 Å². The summed E-state index contributed by atoms with van der Waals surface area (Å²) in [6, 6.07) is 0. The van der Waals surface area contributed by atoms with Gasteiger partial charge >= 0.3 is 19.8 Å². The van der Waals surface area contributed by atoms with Gasteiger partial charge in [0.25, 0.3) is 0 Å².